The highest BCUT2D eigenvalue weighted by Crippen LogP contribution is 2.60. The lowest BCUT2D eigenvalue weighted by molar-refractivity contribution is -0.388. The first-order chi connectivity index (χ1) is 12.2. The highest BCUT2D eigenvalue weighted by atomic mass is 19.4. The van der Waals surface area contributed by atoms with E-state index in [0.717, 1.165) is 19.3 Å². The van der Waals surface area contributed by atoms with Crippen LogP contribution in [0.5, 0.6) is 0 Å². The lowest BCUT2D eigenvalue weighted by atomic mass is 9.65. The first-order valence-electron chi connectivity index (χ1n) is 9.74. The van der Waals surface area contributed by atoms with Gasteiger partial charge < -0.3 is 10.2 Å². The average molecular weight is 402 g/mol. The molecule has 3 fully saturated rings. The van der Waals surface area contributed by atoms with Gasteiger partial charge in [-0.05, 0) is 88.4 Å². The number of fused-ring (bicyclic) bond motifs is 3. The van der Waals surface area contributed by atoms with E-state index in [1.54, 1.807) is 13.8 Å². The molecule has 3 saturated carbocycles. The Bertz CT molecular complexity index is 536. The Morgan fingerprint density at radius 1 is 0.630 bits per heavy atom. The number of aliphatic hydroxyl groups is 2. The van der Waals surface area contributed by atoms with E-state index in [9.17, 15) is 36.6 Å². The van der Waals surface area contributed by atoms with E-state index in [4.69, 9.17) is 0 Å². The molecule has 6 atom stereocenters. The van der Waals surface area contributed by atoms with Gasteiger partial charge in [-0.2, -0.15) is 26.3 Å². The lowest BCUT2D eigenvalue weighted by Gasteiger charge is -2.44. The molecule has 8 heteroatoms. The van der Waals surface area contributed by atoms with Crippen LogP contribution < -0.4 is 0 Å². The molecule has 0 aromatic heterocycles. The van der Waals surface area contributed by atoms with Crippen LogP contribution in [-0.2, 0) is 0 Å². The summed E-state index contributed by atoms with van der Waals surface area (Å²) in [5.41, 5.74) is -5.46. The van der Waals surface area contributed by atoms with Gasteiger partial charge >= 0.3 is 12.4 Å². The maximum Gasteiger partial charge on any atom is 0.426 e. The van der Waals surface area contributed by atoms with Gasteiger partial charge in [0.05, 0.1) is 5.60 Å². The zero-order valence-corrected chi connectivity index (χ0v) is 15.6. The third kappa shape index (κ3) is 3.49. The lowest BCUT2D eigenvalue weighted by Crippen LogP contribution is -2.62. The zero-order chi connectivity index (χ0) is 20.4. The smallest absolute Gasteiger partial charge is 0.390 e. The molecule has 2 N–H and O–H groups in total. The minimum absolute atomic E-state index is 0.108. The van der Waals surface area contributed by atoms with E-state index in [0.29, 0.717) is 18.8 Å². The van der Waals surface area contributed by atoms with Crippen molar-refractivity contribution < 1.29 is 36.6 Å². The molecule has 0 heterocycles. The fourth-order valence-corrected chi connectivity index (χ4v) is 6.28. The number of rotatable bonds is 2. The van der Waals surface area contributed by atoms with Crippen LogP contribution in [0.3, 0.4) is 0 Å². The summed E-state index contributed by atoms with van der Waals surface area (Å²) in [6, 6.07) is 0. The predicted octanol–water partition coefficient (Wildman–Crippen LogP) is 5.08. The molecule has 2 nitrogen and oxygen atoms in total. The Kier molecular flexibility index (Phi) is 5.11. The monoisotopic (exact) mass is 402 g/mol. The summed E-state index contributed by atoms with van der Waals surface area (Å²) in [6.07, 6.45) is -8.58. The van der Waals surface area contributed by atoms with Gasteiger partial charge in [-0.1, -0.05) is 0 Å². The van der Waals surface area contributed by atoms with Crippen molar-refractivity contribution in [2.75, 3.05) is 0 Å². The molecule has 0 aromatic carbocycles. The largest absolute Gasteiger partial charge is 0.426 e. The fraction of sp³-hybridized carbons (Fsp3) is 1.00. The molecular weight excluding hydrogens is 374 g/mol. The third-order valence-corrected chi connectivity index (χ3v) is 7.69. The van der Waals surface area contributed by atoms with Crippen LogP contribution in [0.1, 0.15) is 58.8 Å². The van der Waals surface area contributed by atoms with Crippen LogP contribution in [-0.4, -0.2) is 33.8 Å². The molecule has 0 radical (unpaired) electrons. The Morgan fingerprint density at radius 3 is 1.44 bits per heavy atom. The van der Waals surface area contributed by atoms with Crippen LogP contribution in [0.2, 0.25) is 0 Å². The fourth-order valence-electron chi connectivity index (χ4n) is 6.28. The second kappa shape index (κ2) is 6.51. The van der Waals surface area contributed by atoms with Crippen LogP contribution in [0.15, 0.2) is 0 Å². The first kappa shape index (κ1) is 21.2. The number of halogens is 6. The Balaban J connectivity index is 1.76. The summed E-state index contributed by atoms with van der Waals surface area (Å²) in [6.45, 7) is 3.51. The minimum Gasteiger partial charge on any atom is -0.390 e. The molecule has 3 rings (SSSR count). The van der Waals surface area contributed by atoms with Gasteiger partial charge in [-0.25, -0.2) is 0 Å². The summed E-state index contributed by atoms with van der Waals surface area (Å²) in [4.78, 5) is 0. The maximum absolute atomic E-state index is 13.2. The van der Waals surface area contributed by atoms with Gasteiger partial charge in [0.15, 0.2) is 0 Å². The van der Waals surface area contributed by atoms with Gasteiger partial charge in [-0.3, -0.25) is 0 Å². The van der Waals surface area contributed by atoms with Crippen LogP contribution in [0, 0.1) is 35.5 Å². The summed E-state index contributed by atoms with van der Waals surface area (Å²) in [5, 5.41) is 20.0. The van der Waals surface area contributed by atoms with E-state index in [1.165, 1.54) is 0 Å². The van der Waals surface area contributed by atoms with Gasteiger partial charge in [0.1, 0.15) is 0 Å². The summed E-state index contributed by atoms with van der Waals surface area (Å²) >= 11 is 0. The molecular formula is C19H28F6O2. The van der Waals surface area contributed by atoms with E-state index in [-0.39, 0.29) is 36.5 Å². The molecule has 0 bridgehead atoms. The normalized spacial score (nSPS) is 38.4. The number of hydrogen-bond donors (Lipinski definition) is 2. The topological polar surface area (TPSA) is 40.5 Å². The van der Waals surface area contributed by atoms with Gasteiger partial charge in [0.25, 0.3) is 5.60 Å². The summed E-state index contributed by atoms with van der Waals surface area (Å²) in [5.74, 6) is -1.25. The molecule has 3 aliphatic rings. The molecule has 158 valence electrons. The van der Waals surface area contributed by atoms with Crippen molar-refractivity contribution in [3.63, 3.8) is 0 Å². The minimum atomic E-state index is -5.74. The van der Waals surface area contributed by atoms with Crippen molar-refractivity contribution in [3.8, 4) is 0 Å². The van der Waals surface area contributed by atoms with Crippen molar-refractivity contribution in [1.82, 2.24) is 0 Å². The van der Waals surface area contributed by atoms with E-state index in [2.05, 4.69) is 0 Å². The van der Waals surface area contributed by atoms with Crippen LogP contribution >= 0.6 is 0 Å². The Labute approximate surface area is 155 Å². The van der Waals surface area contributed by atoms with Gasteiger partial charge in [-0.15, -0.1) is 0 Å². The molecule has 3 aliphatic carbocycles. The van der Waals surface area contributed by atoms with Gasteiger partial charge in [0.2, 0.25) is 0 Å². The van der Waals surface area contributed by atoms with E-state index < -0.39 is 29.5 Å². The molecule has 0 spiro atoms. The zero-order valence-electron chi connectivity index (χ0n) is 15.6. The second-order valence-electron chi connectivity index (χ2n) is 9.52. The van der Waals surface area contributed by atoms with Gasteiger partial charge in [0, 0.05) is 5.92 Å². The first-order valence-corrected chi connectivity index (χ1v) is 9.74. The van der Waals surface area contributed by atoms with Crippen molar-refractivity contribution in [2.45, 2.75) is 82.3 Å². The predicted molar refractivity (Wildman–Crippen MR) is 86.6 cm³/mol. The van der Waals surface area contributed by atoms with Crippen molar-refractivity contribution >= 4 is 0 Å². The highest BCUT2D eigenvalue weighted by molar-refractivity contribution is 5.05. The SMILES string of the molecule is CC(C)(O)C1CCC2C(CC3CC(C(O)(C(F)(F)F)C(F)(F)F)CCC32)C1. The Hall–Kier alpha value is -0.500. The molecule has 0 aromatic rings. The Morgan fingerprint density at radius 2 is 1.04 bits per heavy atom. The van der Waals surface area contributed by atoms with Crippen molar-refractivity contribution in [2.24, 2.45) is 35.5 Å². The third-order valence-electron chi connectivity index (χ3n) is 7.69. The average Bonchev–Trinajstić information content (AvgIpc) is 2.87. The molecule has 0 saturated heterocycles. The summed E-state index contributed by atoms with van der Waals surface area (Å²) < 4.78 is 79.3. The molecule has 27 heavy (non-hydrogen) atoms. The van der Waals surface area contributed by atoms with E-state index in [1.807, 2.05) is 0 Å². The quantitative estimate of drug-likeness (QED) is 0.633. The van der Waals surface area contributed by atoms with Crippen LogP contribution in [0.4, 0.5) is 26.3 Å². The van der Waals surface area contributed by atoms with Crippen LogP contribution in [0.25, 0.3) is 0 Å². The maximum atomic E-state index is 13.2. The van der Waals surface area contributed by atoms with Crippen molar-refractivity contribution in [3.05, 3.63) is 0 Å². The van der Waals surface area contributed by atoms with Crippen molar-refractivity contribution in [1.29, 1.82) is 0 Å². The molecule has 0 aliphatic heterocycles. The summed E-state index contributed by atoms with van der Waals surface area (Å²) in [7, 11) is 0. The second-order valence-corrected chi connectivity index (χ2v) is 9.52. The van der Waals surface area contributed by atoms with E-state index >= 15 is 0 Å². The number of hydrogen-bond acceptors (Lipinski definition) is 2. The standard InChI is InChI=1S/C19H28F6O2/c1-16(2,26)12-3-5-14-10(8-12)7-11-9-13(4-6-15(11)14)17(27,18(20,21)22)19(23,24)25/h10-15,26-27H,3-9H2,1-2H3. The molecule has 6 unspecified atom stereocenters. The number of alkyl halides is 6. The highest BCUT2D eigenvalue weighted by Gasteiger charge is 2.74. The molecule has 0 amide bonds.